The number of ether oxygens (including phenoxy) is 1. The normalized spacial score (nSPS) is 20.7. The van der Waals surface area contributed by atoms with E-state index in [1.165, 1.54) is 0 Å². The monoisotopic (exact) mass is 336 g/mol. The summed E-state index contributed by atoms with van der Waals surface area (Å²) in [5.41, 5.74) is 0.992. The average Bonchev–Trinajstić information content (AvgIpc) is 3.08. The standard InChI is InChI=1S/C15H17ClN4O3/c1-9-17-15(20(21)22)14(19(9)2)18-12-7-8-23-13(12)10-3-5-11(16)6-4-10/h3-6,12-13,18H,7-8H2,1-2H3/t12-,13+/m0/s1. The van der Waals surface area contributed by atoms with Crippen molar-refractivity contribution in [2.45, 2.75) is 25.5 Å². The molecule has 1 saturated heterocycles. The Kier molecular flexibility index (Phi) is 4.23. The van der Waals surface area contributed by atoms with E-state index < -0.39 is 4.92 Å². The topological polar surface area (TPSA) is 82.2 Å². The summed E-state index contributed by atoms with van der Waals surface area (Å²) in [5.74, 6) is 0.829. The molecule has 0 saturated carbocycles. The van der Waals surface area contributed by atoms with Crippen LogP contribution in [0.4, 0.5) is 11.6 Å². The van der Waals surface area contributed by atoms with Gasteiger partial charge in [0.05, 0.1) is 6.04 Å². The number of nitro groups is 1. The zero-order valence-corrected chi connectivity index (χ0v) is 13.6. The zero-order chi connectivity index (χ0) is 16.6. The van der Waals surface area contributed by atoms with Gasteiger partial charge in [0.1, 0.15) is 6.10 Å². The second-order valence-electron chi connectivity index (χ2n) is 5.53. The Morgan fingerprint density at radius 1 is 1.43 bits per heavy atom. The summed E-state index contributed by atoms with van der Waals surface area (Å²) < 4.78 is 7.50. The fraction of sp³-hybridized carbons (Fsp3) is 0.400. The molecule has 1 aliphatic rings. The SMILES string of the molecule is Cc1nc([N+](=O)[O-])c(N[C@H]2CCO[C@@H]2c2ccc(Cl)cc2)n1C. The maximum atomic E-state index is 11.2. The zero-order valence-electron chi connectivity index (χ0n) is 12.8. The number of aryl methyl sites for hydroxylation is 1. The fourth-order valence-electron chi connectivity index (χ4n) is 2.78. The van der Waals surface area contributed by atoms with Gasteiger partial charge < -0.3 is 20.2 Å². The van der Waals surface area contributed by atoms with Crippen molar-refractivity contribution in [2.75, 3.05) is 11.9 Å². The molecule has 2 aromatic rings. The smallest absolute Gasteiger partial charge is 0.371 e. The third-order valence-electron chi connectivity index (χ3n) is 4.09. The van der Waals surface area contributed by atoms with E-state index in [1.807, 2.05) is 24.3 Å². The van der Waals surface area contributed by atoms with Gasteiger partial charge in [-0.25, -0.2) is 0 Å². The number of hydrogen-bond acceptors (Lipinski definition) is 5. The van der Waals surface area contributed by atoms with Crippen molar-refractivity contribution in [3.63, 3.8) is 0 Å². The van der Waals surface area contributed by atoms with Crippen LogP contribution in [0.15, 0.2) is 24.3 Å². The molecule has 1 fully saturated rings. The minimum atomic E-state index is -0.470. The Bertz CT molecular complexity index is 729. The number of benzene rings is 1. The summed E-state index contributed by atoms with van der Waals surface area (Å²) >= 11 is 5.92. The second-order valence-corrected chi connectivity index (χ2v) is 5.97. The first-order valence-corrected chi connectivity index (χ1v) is 7.66. The summed E-state index contributed by atoms with van der Waals surface area (Å²) in [6.45, 7) is 2.33. The van der Waals surface area contributed by atoms with Gasteiger partial charge in [-0.3, -0.25) is 4.57 Å². The van der Waals surface area contributed by atoms with E-state index in [9.17, 15) is 10.1 Å². The Morgan fingerprint density at radius 2 is 2.13 bits per heavy atom. The van der Waals surface area contributed by atoms with E-state index in [0.29, 0.717) is 23.3 Å². The Morgan fingerprint density at radius 3 is 2.78 bits per heavy atom. The molecule has 0 aliphatic carbocycles. The maximum Gasteiger partial charge on any atom is 0.406 e. The first-order chi connectivity index (χ1) is 11.0. The highest BCUT2D eigenvalue weighted by atomic mass is 35.5. The third-order valence-corrected chi connectivity index (χ3v) is 4.34. The van der Waals surface area contributed by atoms with E-state index >= 15 is 0 Å². The number of aromatic nitrogens is 2. The molecule has 23 heavy (non-hydrogen) atoms. The molecule has 1 aliphatic heterocycles. The number of anilines is 1. The molecule has 2 heterocycles. The van der Waals surface area contributed by atoms with E-state index in [0.717, 1.165) is 12.0 Å². The largest absolute Gasteiger partial charge is 0.406 e. The predicted octanol–water partition coefficient (Wildman–Crippen LogP) is 3.23. The fourth-order valence-corrected chi connectivity index (χ4v) is 2.90. The predicted molar refractivity (Wildman–Crippen MR) is 86.8 cm³/mol. The lowest BCUT2D eigenvalue weighted by atomic mass is 10.0. The molecule has 122 valence electrons. The van der Waals surface area contributed by atoms with Crippen molar-refractivity contribution >= 4 is 23.2 Å². The quantitative estimate of drug-likeness (QED) is 0.684. The molecule has 8 heteroatoms. The molecule has 7 nitrogen and oxygen atoms in total. The lowest BCUT2D eigenvalue weighted by Gasteiger charge is -2.21. The third kappa shape index (κ3) is 3.02. The van der Waals surface area contributed by atoms with Crippen LogP contribution in [0.5, 0.6) is 0 Å². The molecule has 0 radical (unpaired) electrons. The highest BCUT2D eigenvalue weighted by Crippen LogP contribution is 2.34. The van der Waals surface area contributed by atoms with Crippen LogP contribution in [-0.4, -0.2) is 27.1 Å². The molecular weight excluding hydrogens is 320 g/mol. The molecule has 2 atom stereocenters. The van der Waals surface area contributed by atoms with Crippen LogP contribution >= 0.6 is 11.6 Å². The van der Waals surface area contributed by atoms with Gasteiger partial charge in [-0.15, -0.1) is 0 Å². The lowest BCUT2D eigenvalue weighted by Crippen LogP contribution is -2.25. The molecule has 0 amide bonds. The first kappa shape index (κ1) is 15.8. The van der Waals surface area contributed by atoms with Crippen molar-refractivity contribution in [3.8, 4) is 0 Å². The molecule has 1 N–H and O–H groups in total. The van der Waals surface area contributed by atoms with Crippen LogP contribution in [0, 0.1) is 17.0 Å². The minimum Gasteiger partial charge on any atom is -0.371 e. The van der Waals surface area contributed by atoms with E-state index in [1.54, 1.807) is 18.5 Å². The van der Waals surface area contributed by atoms with Crippen molar-refractivity contribution in [1.29, 1.82) is 0 Å². The minimum absolute atomic E-state index is 0.0651. The van der Waals surface area contributed by atoms with Gasteiger partial charge in [0.2, 0.25) is 11.6 Å². The summed E-state index contributed by atoms with van der Waals surface area (Å²) in [7, 11) is 1.75. The van der Waals surface area contributed by atoms with Crippen molar-refractivity contribution in [3.05, 3.63) is 50.8 Å². The summed E-state index contributed by atoms with van der Waals surface area (Å²) in [6.07, 6.45) is 0.580. The van der Waals surface area contributed by atoms with Crippen LogP contribution in [-0.2, 0) is 11.8 Å². The average molecular weight is 337 g/mol. The Balaban J connectivity index is 1.87. The molecule has 3 rings (SSSR count). The molecule has 1 aromatic carbocycles. The van der Waals surface area contributed by atoms with Gasteiger partial charge >= 0.3 is 5.82 Å². The highest BCUT2D eigenvalue weighted by molar-refractivity contribution is 6.30. The van der Waals surface area contributed by atoms with Gasteiger partial charge in [-0.2, -0.15) is 0 Å². The molecule has 1 aromatic heterocycles. The van der Waals surface area contributed by atoms with Crippen molar-refractivity contribution in [1.82, 2.24) is 9.55 Å². The summed E-state index contributed by atoms with van der Waals surface area (Å²) in [6, 6.07) is 7.38. The van der Waals surface area contributed by atoms with Crippen LogP contribution < -0.4 is 5.32 Å². The van der Waals surface area contributed by atoms with Crippen LogP contribution in [0.25, 0.3) is 0 Å². The molecule has 0 unspecified atom stereocenters. The molecule has 0 bridgehead atoms. The van der Waals surface area contributed by atoms with Crippen molar-refractivity contribution in [2.24, 2.45) is 7.05 Å². The number of rotatable bonds is 4. The van der Waals surface area contributed by atoms with Gasteiger partial charge in [0.25, 0.3) is 0 Å². The first-order valence-electron chi connectivity index (χ1n) is 7.28. The van der Waals surface area contributed by atoms with Gasteiger partial charge in [-0.1, -0.05) is 23.7 Å². The van der Waals surface area contributed by atoms with Crippen LogP contribution in [0.1, 0.15) is 23.9 Å². The van der Waals surface area contributed by atoms with Crippen LogP contribution in [0.2, 0.25) is 5.02 Å². The lowest BCUT2D eigenvalue weighted by molar-refractivity contribution is -0.388. The number of nitrogens with one attached hydrogen (secondary N) is 1. The summed E-state index contributed by atoms with van der Waals surface area (Å²) in [5, 5.41) is 15.1. The van der Waals surface area contributed by atoms with Crippen LogP contribution in [0.3, 0.4) is 0 Å². The number of hydrogen-bond donors (Lipinski definition) is 1. The van der Waals surface area contributed by atoms with Gasteiger partial charge in [0, 0.05) is 25.6 Å². The van der Waals surface area contributed by atoms with Gasteiger partial charge in [-0.05, 0) is 34.0 Å². The summed E-state index contributed by atoms with van der Waals surface area (Å²) in [4.78, 5) is 14.7. The van der Waals surface area contributed by atoms with Crippen molar-refractivity contribution < 1.29 is 9.66 Å². The Hall–Kier alpha value is -2.12. The number of nitrogens with zero attached hydrogens (tertiary/aromatic N) is 3. The Labute approximate surface area is 138 Å². The van der Waals surface area contributed by atoms with Gasteiger partial charge in [0.15, 0.2) is 0 Å². The van der Waals surface area contributed by atoms with E-state index in [-0.39, 0.29) is 18.0 Å². The number of imidazole rings is 1. The highest BCUT2D eigenvalue weighted by Gasteiger charge is 2.33. The number of halogens is 1. The second kappa shape index (κ2) is 6.17. The maximum absolute atomic E-state index is 11.2. The molecular formula is C15H17ClN4O3. The molecule has 0 spiro atoms. The van der Waals surface area contributed by atoms with E-state index in [4.69, 9.17) is 16.3 Å². The van der Waals surface area contributed by atoms with E-state index in [2.05, 4.69) is 10.3 Å².